The number of unbranched alkanes of at least 4 members (excludes halogenated alkanes) is 5. The summed E-state index contributed by atoms with van der Waals surface area (Å²) in [5.41, 5.74) is 0. The Morgan fingerprint density at radius 3 is 1.32 bits per heavy atom. The fourth-order valence-electron chi connectivity index (χ4n) is 3.94. The van der Waals surface area contributed by atoms with Gasteiger partial charge in [-0.25, -0.2) is 0 Å². The van der Waals surface area contributed by atoms with E-state index in [0.29, 0.717) is 12.8 Å². The topological polar surface area (TPSA) is 59.1 Å². The second-order valence-corrected chi connectivity index (χ2v) is 8.61. The zero-order chi connectivity index (χ0) is 20.2. The molecule has 0 amide bonds. The number of ether oxygens (including phenoxy) is 2. The lowest BCUT2D eigenvalue weighted by Gasteiger charge is -2.28. The summed E-state index contributed by atoms with van der Waals surface area (Å²) in [4.78, 5) is 28.3. The average molecular weight is 397 g/mol. The normalized spacial score (nSPS) is 20.2. The number of rotatable bonds is 11. The third-order valence-corrected chi connectivity index (χ3v) is 5.94. The number of piperidine rings is 2. The van der Waals surface area contributed by atoms with Crippen molar-refractivity contribution in [2.24, 2.45) is 0 Å². The van der Waals surface area contributed by atoms with E-state index in [2.05, 4.69) is 23.9 Å². The Kier molecular flexibility index (Phi) is 10.9. The lowest BCUT2D eigenvalue weighted by molar-refractivity contribution is -0.152. The van der Waals surface area contributed by atoms with Gasteiger partial charge in [0.05, 0.1) is 0 Å². The molecule has 0 aromatic heterocycles. The van der Waals surface area contributed by atoms with Gasteiger partial charge in [-0.2, -0.15) is 0 Å². The molecule has 0 atom stereocenters. The predicted molar refractivity (Wildman–Crippen MR) is 110 cm³/mol. The summed E-state index contributed by atoms with van der Waals surface area (Å²) in [7, 11) is 4.22. The maximum absolute atomic E-state index is 11.9. The number of hydrogen-bond acceptors (Lipinski definition) is 6. The Hall–Kier alpha value is -1.14. The molecule has 2 rings (SSSR count). The zero-order valence-corrected chi connectivity index (χ0v) is 18.0. The van der Waals surface area contributed by atoms with Crippen molar-refractivity contribution in [3.05, 3.63) is 0 Å². The third kappa shape index (κ3) is 9.87. The lowest BCUT2D eigenvalue weighted by atomic mass is 10.1. The quantitative estimate of drug-likeness (QED) is 0.394. The summed E-state index contributed by atoms with van der Waals surface area (Å²) < 4.78 is 11.1. The molecule has 0 radical (unpaired) electrons. The van der Waals surface area contributed by atoms with E-state index in [1.165, 1.54) is 0 Å². The number of esters is 2. The number of carbonyl (C=O) groups is 2. The van der Waals surface area contributed by atoms with Crippen LogP contribution in [-0.2, 0) is 19.1 Å². The molecule has 0 unspecified atom stereocenters. The second-order valence-electron chi connectivity index (χ2n) is 8.61. The molecule has 2 aliphatic heterocycles. The van der Waals surface area contributed by atoms with Crippen LogP contribution in [0.3, 0.4) is 0 Å². The van der Waals surface area contributed by atoms with E-state index in [-0.39, 0.29) is 24.1 Å². The average Bonchev–Trinajstić information content (AvgIpc) is 2.67. The first-order valence-corrected chi connectivity index (χ1v) is 11.3. The van der Waals surface area contributed by atoms with E-state index >= 15 is 0 Å². The Morgan fingerprint density at radius 1 is 0.643 bits per heavy atom. The Balaban J connectivity index is 1.37. The Labute approximate surface area is 170 Å². The maximum Gasteiger partial charge on any atom is 0.306 e. The van der Waals surface area contributed by atoms with Crippen molar-refractivity contribution in [1.82, 2.24) is 9.80 Å². The van der Waals surface area contributed by atoms with Crippen molar-refractivity contribution in [1.29, 1.82) is 0 Å². The van der Waals surface area contributed by atoms with Crippen LogP contribution in [0.5, 0.6) is 0 Å². The Morgan fingerprint density at radius 2 is 0.964 bits per heavy atom. The van der Waals surface area contributed by atoms with Gasteiger partial charge in [0.2, 0.25) is 0 Å². The molecule has 0 bridgehead atoms. The first-order chi connectivity index (χ1) is 13.5. The first kappa shape index (κ1) is 23.1. The third-order valence-electron chi connectivity index (χ3n) is 5.94. The first-order valence-electron chi connectivity index (χ1n) is 11.3. The molecule has 2 aliphatic rings. The highest BCUT2D eigenvalue weighted by molar-refractivity contribution is 5.69. The minimum Gasteiger partial charge on any atom is -0.462 e. The van der Waals surface area contributed by atoms with Gasteiger partial charge in [0.15, 0.2) is 0 Å². The van der Waals surface area contributed by atoms with Gasteiger partial charge in [0.1, 0.15) is 12.2 Å². The number of carbonyl (C=O) groups excluding carboxylic acids is 2. The van der Waals surface area contributed by atoms with Gasteiger partial charge in [-0.3, -0.25) is 9.59 Å². The highest BCUT2D eigenvalue weighted by atomic mass is 16.5. The molecule has 0 aromatic carbocycles. The zero-order valence-electron chi connectivity index (χ0n) is 18.0. The summed E-state index contributed by atoms with van der Waals surface area (Å²) in [5.74, 6) is -0.0718. The van der Waals surface area contributed by atoms with Crippen LogP contribution in [0.1, 0.15) is 77.0 Å². The maximum atomic E-state index is 11.9. The molecule has 6 heteroatoms. The second kappa shape index (κ2) is 13.2. The highest BCUT2D eigenvalue weighted by Crippen LogP contribution is 2.16. The molecule has 2 heterocycles. The molecule has 6 nitrogen and oxygen atoms in total. The van der Waals surface area contributed by atoms with Crippen LogP contribution in [0.4, 0.5) is 0 Å². The van der Waals surface area contributed by atoms with Crippen molar-refractivity contribution in [2.45, 2.75) is 89.3 Å². The van der Waals surface area contributed by atoms with Gasteiger partial charge in [-0.05, 0) is 52.6 Å². The van der Waals surface area contributed by atoms with E-state index in [4.69, 9.17) is 9.47 Å². The molecule has 2 saturated heterocycles. The van der Waals surface area contributed by atoms with Gasteiger partial charge in [-0.15, -0.1) is 0 Å². The summed E-state index contributed by atoms with van der Waals surface area (Å²) in [6, 6.07) is 0. The SMILES string of the molecule is CN1CCC(OC(=O)CCCCCCCCC(=O)OC2CCN(C)CC2)CC1. The van der Waals surface area contributed by atoms with Crippen molar-refractivity contribution < 1.29 is 19.1 Å². The minimum atomic E-state index is -0.0359. The standard InChI is InChI=1S/C22H40N2O4/c1-23-15-11-19(12-16-23)27-21(25)9-7-5-3-4-6-8-10-22(26)28-20-13-17-24(2)18-14-20/h19-20H,3-18H2,1-2H3. The van der Waals surface area contributed by atoms with Crippen molar-refractivity contribution in [2.75, 3.05) is 40.3 Å². The highest BCUT2D eigenvalue weighted by Gasteiger charge is 2.20. The van der Waals surface area contributed by atoms with E-state index in [1.807, 2.05) is 0 Å². The van der Waals surface area contributed by atoms with Crippen molar-refractivity contribution >= 4 is 11.9 Å². The van der Waals surface area contributed by atoms with E-state index in [9.17, 15) is 9.59 Å². The molecule has 0 spiro atoms. The Bertz CT molecular complexity index is 413. The monoisotopic (exact) mass is 396 g/mol. The molecule has 0 N–H and O–H groups in total. The summed E-state index contributed by atoms with van der Waals surface area (Å²) in [6.45, 7) is 4.07. The van der Waals surface area contributed by atoms with Gasteiger partial charge in [0, 0.05) is 39.0 Å². The van der Waals surface area contributed by atoms with Gasteiger partial charge >= 0.3 is 11.9 Å². The molecule has 28 heavy (non-hydrogen) atoms. The van der Waals surface area contributed by atoms with Crippen LogP contribution >= 0.6 is 0 Å². The summed E-state index contributed by atoms with van der Waals surface area (Å²) in [6.07, 6.45) is 11.3. The number of nitrogens with zero attached hydrogens (tertiary/aromatic N) is 2. The van der Waals surface area contributed by atoms with Crippen LogP contribution < -0.4 is 0 Å². The van der Waals surface area contributed by atoms with Crippen molar-refractivity contribution in [3.63, 3.8) is 0 Å². The molecule has 0 aliphatic carbocycles. The molecular formula is C22H40N2O4. The van der Waals surface area contributed by atoms with Crippen molar-refractivity contribution in [3.8, 4) is 0 Å². The number of likely N-dealkylation sites (tertiary alicyclic amines) is 2. The van der Waals surface area contributed by atoms with Gasteiger partial charge in [-0.1, -0.05) is 25.7 Å². The van der Waals surface area contributed by atoms with Crippen LogP contribution in [0, 0.1) is 0 Å². The summed E-state index contributed by atoms with van der Waals surface area (Å²) >= 11 is 0. The van der Waals surface area contributed by atoms with E-state index < -0.39 is 0 Å². The molecule has 0 saturated carbocycles. The van der Waals surface area contributed by atoms with E-state index in [0.717, 1.165) is 90.4 Å². The molecular weight excluding hydrogens is 356 g/mol. The summed E-state index contributed by atoms with van der Waals surface area (Å²) in [5, 5.41) is 0. The van der Waals surface area contributed by atoms with Gasteiger partial charge in [0.25, 0.3) is 0 Å². The fraction of sp³-hybridized carbons (Fsp3) is 0.909. The molecule has 2 fully saturated rings. The lowest BCUT2D eigenvalue weighted by Crippen LogP contribution is -2.35. The molecule has 162 valence electrons. The largest absolute Gasteiger partial charge is 0.462 e. The van der Waals surface area contributed by atoms with Crippen LogP contribution in [0.2, 0.25) is 0 Å². The minimum absolute atomic E-state index is 0.0359. The fourth-order valence-corrected chi connectivity index (χ4v) is 3.94. The van der Waals surface area contributed by atoms with Crippen LogP contribution in [0.25, 0.3) is 0 Å². The van der Waals surface area contributed by atoms with Crippen LogP contribution in [-0.4, -0.2) is 74.2 Å². The smallest absolute Gasteiger partial charge is 0.306 e. The van der Waals surface area contributed by atoms with E-state index in [1.54, 1.807) is 0 Å². The molecule has 0 aromatic rings. The number of hydrogen-bond donors (Lipinski definition) is 0. The predicted octanol–water partition coefficient (Wildman–Crippen LogP) is 3.38. The van der Waals surface area contributed by atoms with Crippen LogP contribution in [0.15, 0.2) is 0 Å². The van der Waals surface area contributed by atoms with Gasteiger partial charge < -0.3 is 19.3 Å².